The molecule has 0 saturated carbocycles. The largest absolute Gasteiger partial charge is 0.401 e. The normalized spacial score (nSPS) is 14.8. The maximum atomic E-state index is 12.1. The van der Waals surface area contributed by atoms with Crippen molar-refractivity contribution in [2.45, 2.75) is 26.4 Å². The zero-order valence-electron chi connectivity index (χ0n) is 8.57. The van der Waals surface area contributed by atoms with E-state index >= 15 is 0 Å². The average molecular weight is 276 g/mol. The summed E-state index contributed by atoms with van der Waals surface area (Å²) in [5.74, 6) is 0.254. The smallest absolute Gasteiger partial charge is 0.295 e. The number of halogens is 4. The Morgan fingerprint density at radius 1 is 1.36 bits per heavy atom. The van der Waals surface area contributed by atoms with Gasteiger partial charge >= 0.3 is 6.18 Å². The van der Waals surface area contributed by atoms with Gasteiger partial charge in [0.1, 0.15) is 0 Å². The third-order valence-corrected chi connectivity index (χ3v) is 2.88. The number of nitrogens with zero attached hydrogens (tertiary/aromatic N) is 1. The number of rotatable bonds is 6. The van der Waals surface area contributed by atoms with E-state index in [4.69, 9.17) is 0 Å². The molecule has 0 amide bonds. The minimum Gasteiger partial charge on any atom is -0.295 e. The standard InChI is InChI=1S/C9H17BrF3N/c1-3-4-14(6-8(2)5-10)7-9(11,12)13/h8H,3-7H2,1-2H3. The third kappa shape index (κ3) is 7.62. The van der Waals surface area contributed by atoms with Crippen LogP contribution in [0.1, 0.15) is 20.3 Å². The lowest BCUT2D eigenvalue weighted by atomic mass is 10.2. The molecule has 0 aromatic rings. The molecule has 0 fully saturated rings. The first-order valence-corrected chi connectivity index (χ1v) is 5.86. The van der Waals surface area contributed by atoms with Gasteiger partial charge in [-0.05, 0) is 18.9 Å². The molecular weight excluding hydrogens is 259 g/mol. The lowest BCUT2D eigenvalue weighted by molar-refractivity contribution is -0.146. The van der Waals surface area contributed by atoms with E-state index in [9.17, 15) is 13.2 Å². The molecule has 1 unspecified atom stereocenters. The summed E-state index contributed by atoms with van der Waals surface area (Å²) in [7, 11) is 0. The van der Waals surface area contributed by atoms with Crippen molar-refractivity contribution in [1.29, 1.82) is 0 Å². The third-order valence-electron chi connectivity index (χ3n) is 1.78. The van der Waals surface area contributed by atoms with Crippen LogP contribution >= 0.6 is 15.9 Å². The lowest BCUT2D eigenvalue weighted by Gasteiger charge is -2.25. The Morgan fingerprint density at radius 3 is 2.29 bits per heavy atom. The quantitative estimate of drug-likeness (QED) is 0.673. The van der Waals surface area contributed by atoms with Gasteiger partial charge in [-0.25, -0.2) is 0 Å². The van der Waals surface area contributed by atoms with Crippen molar-refractivity contribution in [3.05, 3.63) is 0 Å². The molecule has 0 aromatic heterocycles. The molecule has 1 nitrogen and oxygen atoms in total. The van der Waals surface area contributed by atoms with Crippen molar-refractivity contribution >= 4 is 15.9 Å². The van der Waals surface area contributed by atoms with Gasteiger partial charge in [0.2, 0.25) is 0 Å². The van der Waals surface area contributed by atoms with Crippen LogP contribution in [0.5, 0.6) is 0 Å². The summed E-state index contributed by atoms with van der Waals surface area (Å²) < 4.78 is 36.4. The van der Waals surface area contributed by atoms with Gasteiger partial charge in [0, 0.05) is 11.9 Å². The van der Waals surface area contributed by atoms with E-state index in [1.807, 2.05) is 13.8 Å². The molecule has 0 aliphatic rings. The minimum absolute atomic E-state index is 0.254. The van der Waals surface area contributed by atoms with Crippen LogP contribution in [-0.2, 0) is 0 Å². The topological polar surface area (TPSA) is 3.24 Å². The van der Waals surface area contributed by atoms with E-state index in [0.29, 0.717) is 13.1 Å². The van der Waals surface area contributed by atoms with Crippen molar-refractivity contribution in [3.63, 3.8) is 0 Å². The molecular formula is C9H17BrF3N. The van der Waals surface area contributed by atoms with Gasteiger partial charge in [0.05, 0.1) is 6.54 Å². The van der Waals surface area contributed by atoms with Crippen molar-refractivity contribution < 1.29 is 13.2 Å². The molecule has 0 aliphatic heterocycles. The number of hydrogen-bond donors (Lipinski definition) is 0. The molecule has 5 heteroatoms. The molecule has 0 radical (unpaired) electrons. The highest BCUT2D eigenvalue weighted by Gasteiger charge is 2.30. The van der Waals surface area contributed by atoms with E-state index in [1.165, 1.54) is 4.90 Å². The summed E-state index contributed by atoms with van der Waals surface area (Å²) in [5.41, 5.74) is 0. The van der Waals surface area contributed by atoms with Crippen molar-refractivity contribution in [2.24, 2.45) is 5.92 Å². The molecule has 0 aliphatic carbocycles. The second-order valence-corrected chi connectivity index (χ2v) is 4.26. The highest BCUT2D eigenvalue weighted by Crippen LogP contribution is 2.17. The Balaban J connectivity index is 4.01. The molecule has 86 valence electrons. The Hall–Kier alpha value is 0.230. The zero-order chi connectivity index (χ0) is 11.2. The minimum atomic E-state index is -4.08. The molecule has 0 rings (SSSR count). The average Bonchev–Trinajstić information content (AvgIpc) is 2.01. The van der Waals surface area contributed by atoms with E-state index in [0.717, 1.165) is 11.8 Å². The Labute approximate surface area is 91.8 Å². The van der Waals surface area contributed by atoms with Crippen LogP contribution in [0.25, 0.3) is 0 Å². The van der Waals surface area contributed by atoms with Crippen LogP contribution in [0, 0.1) is 5.92 Å². The fraction of sp³-hybridized carbons (Fsp3) is 1.00. The zero-order valence-corrected chi connectivity index (χ0v) is 10.2. The van der Waals surface area contributed by atoms with Crippen LogP contribution in [0.2, 0.25) is 0 Å². The molecule has 0 bridgehead atoms. The maximum Gasteiger partial charge on any atom is 0.401 e. The van der Waals surface area contributed by atoms with Gasteiger partial charge in [-0.15, -0.1) is 0 Å². The first-order chi connectivity index (χ1) is 6.39. The van der Waals surface area contributed by atoms with E-state index < -0.39 is 12.7 Å². The second-order valence-electron chi connectivity index (χ2n) is 3.61. The summed E-state index contributed by atoms with van der Waals surface area (Å²) in [6, 6.07) is 0. The van der Waals surface area contributed by atoms with E-state index in [-0.39, 0.29) is 5.92 Å². The van der Waals surface area contributed by atoms with Crippen LogP contribution in [0.4, 0.5) is 13.2 Å². The first-order valence-electron chi connectivity index (χ1n) is 4.74. The second kappa shape index (κ2) is 6.67. The predicted octanol–water partition coefficient (Wildman–Crippen LogP) is 3.29. The summed E-state index contributed by atoms with van der Waals surface area (Å²) >= 11 is 3.27. The fourth-order valence-electron chi connectivity index (χ4n) is 1.29. The molecule has 14 heavy (non-hydrogen) atoms. The van der Waals surface area contributed by atoms with E-state index in [1.54, 1.807) is 0 Å². The van der Waals surface area contributed by atoms with Crippen LogP contribution < -0.4 is 0 Å². The summed E-state index contributed by atoms with van der Waals surface area (Å²) in [5, 5.41) is 0.741. The van der Waals surface area contributed by atoms with Crippen LogP contribution in [0.15, 0.2) is 0 Å². The summed E-state index contributed by atoms with van der Waals surface area (Å²) in [6.45, 7) is 4.05. The Kier molecular flexibility index (Phi) is 6.78. The molecule has 0 saturated heterocycles. The number of hydrogen-bond acceptors (Lipinski definition) is 1. The van der Waals surface area contributed by atoms with Gasteiger partial charge in [-0.3, -0.25) is 4.90 Å². The SMILES string of the molecule is CCCN(CC(C)CBr)CC(F)(F)F. The van der Waals surface area contributed by atoms with Gasteiger partial charge < -0.3 is 0 Å². The van der Waals surface area contributed by atoms with Crippen LogP contribution in [0.3, 0.4) is 0 Å². The lowest BCUT2D eigenvalue weighted by Crippen LogP contribution is -2.37. The maximum absolute atomic E-state index is 12.1. The summed E-state index contributed by atoms with van der Waals surface area (Å²) in [4.78, 5) is 1.46. The predicted molar refractivity (Wildman–Crippen MR) is 55.7 cm³/mol. The van der Waals surface area contributed by atoms with Crippen molar-refractivity contribution in [2.75, 3.05) is 25.0 Å². The molecule has 0 N–H and O–H groups in total. The number of alkyl halides is 4. The monoisotopic (exact) mass is 275 g/mol. The van der Waals surface area contributed by atoms with Gasteiger partial charge in [-0.1, -0.05) is 29.8 Å². The van der Waals surface area contributed by atoms with Gasteiger partial charge in [0.15, 0.2) is 0 Å². The molecule has 0 spiro atoms. The highest BCUT2D eigenvalue weighted by molar-refractivity contribution is 9.09. The molecule has 0 aromatic carbocycles. The van der Waals surface area contributed by atoms with Crippen molar-refractivity contribution in [1.82, 2.24) is 4.90 Å². The molecule has 1 atom stereocenters. The van der Waals surface area contributed by atoms with Gasteiger partial charge in [0.25, 0.3) is 0 Å². The fourth-order valence-corrected chi connectivity index (χ4v) is 1.50. The highest BCUT2D eigenvalue weighted by atomic mass is 79.9. The van der Waals surface area contributed by atoms with Gasteiger partial charge in [-0.2, -0.15) is 13.2 Å². The van der Waals surface area contributed by atoms with Crippen molar-refractivity contribution in [3.8, 4) is 0 Å². The first kappa shape index (κ1) is 14.2. The molecule has 0 heterocycles. The summed E-state index contributed by atoms with van der Waals surface area (Å²) in [6.07, 6.45) is -3.33. The van der Waals surface area contributed by atoms with Crippen LogP contribution in [-0.4, -0.2) is 36.0 Å². The Bertz CT molecular complexity index is 149. The Morgan fingerprint density at radius 2 is 1.93 bits per heavy atom. The van der Waals surface area contributed by atoms with E-state index in [2.05, 4.69) is 15.9 Å².